The van der Waals surface area contributed by atoms with E-state index < -0.39 is 158 Å². The second-order valence-electron chi connectivity index (χ2n) is 15.9. The van der Waals surface area contributed by atoms with E-state index in [0.29, 0.717) is 0 Å². The summed E-state index contributed by atoms with van der Waals surface area (Å²) in [6.45, 7) is 6.53. The quantitative estimate of drug-likeness (QED) is 0.0946. The third-order valence-corrected chi connectivity index (χ3v) is 10.1. The van der Waals surface area contributed by atoms with Crippen molar-refractivity contribution >= 4 is 59.7 Å². The highest BCUT2D eigenvalue weighted by Gasteiger charge is 2.55. The zero-order valence-corrected chi connectivity index (χ0v) is 40.6. The van der Waals surface area contributed by atoms with E-state index in [1.807, 2.05) is 0 Å². The number of benzene rings is 3. The summed E-state index contributed by atoms with van der Waals surface area (Å²) in [5, 5.41) is 0. The van der Waals surface area contributed by atoms with Gasteiger partial charge < -0.3 is 66.3 Å². The molecule has 0 radical (unpaired) electrons. The third-order valence-electron chi connectivity index (χ3n) is 10.1. The molecule has 0 aromatic heterocycles. The molecule has 2 heterocycles. The minimum Gasteiger partial charge on any atom is -0.463 e. The Morgan fingerprint density at radius 2 is 0.822 bits per heavy atom. The van der Waals surface area contributed by atoms with Crippen molar-refractivity contribution in [2.45, 2.75) is 123 Å². The van der Waals surface area contributed by atoms with Gasteiger partial charge in [0.25, 0.3) is 0 Å². The molecule has 3 aromatic carbocycles. The van der Waals surface area contributed by atoms with Crippen LogP contribution in [0.1, 0.15) is 81.7 Å². The van der Waals surface area contributed by atoms with Gasteiger partial charge in [0.15, 0.2) is 24.4 Å². The first-order valence-corrected chi connectivity index (χ1v) is 22.2. The van der Waals surface area contributed by atoms with Gasteiger partial charge in [-0.15, -0.1) is 0 Å². The number of hydrogen-bond acceptors (Lipinski definition) is 24. The average molecular weight is 1020 g/mol. The Bertz CT molecular complexity index is 2520. The fourth-order valence-electron chi connectivity index (χ4n) is 7.44. The molecule has 0 amide bonds. The van der Waals surface area contributed by atoms with E-state index in [1.54, 1.807) is 18.2 Å². The van der Waals surface area contributed by atoms with Gasteiger partial charge in [-0.2, -0.15) is 0 Å². The lowest BCUT2D eigenvalue weighted by atomic mass is 9.98. The molecule has 3 aromatic rings. The molecule has 2 saturated heterocycles. The predicted molar refractivity (Wildman–Crippen MR) is 239 cm³/mol. The van der Waals surface area contributed by atoms with Gasteiger partial charge in [0.05, 0.1) is 5.56 Å². The van der Waals surface area contributed by atoms with Crippen molar-refractivity contribution in [1.82, 2.24) is 0 Å². The molecule has 0 bridgehead atoms. The Labute approximate surface area is 416 Å². The van der Waals surface area contributed by atoms with Gasteiger partial charge >= 0.3 is 59.7 Å². The van der Waals surface area contributed by atoms with Crippen molar-refractivity contribution in [3.8, 4) is 17.2 Å². The van der Waals surface area contributed by atoms with Crippen LogP contribution in [0.25, 0.3) is 0 Å². The Balaban J connectivity index is 1.49. The molecule has 392 valence electrons. The maximum absolute atomic E-state index is 14.3. The lowest BCUT2D eigenvalue weighted by Gasteiger charge is -2.44. The van der Waals surface area contributed by atoms with Crippen LogP contribution in [0.3, 0.4) is 0 Å². The summed E-state index contributed by atoms with van der Waals surface area (Å²) in [4.78, 5) is 126. The molecule has 2 aliphatic rings. The van der Waals surface area contributed by atoms with E-state index >= 15 is 0 Å². The van der Waals surface area contributed by atoms with Gasteiger partial charge in [-0.1, -0.05) is 42.5 Å². The molecule has 0 aliphatic carbocycles. The first-order chi connectivity index (χ1) is 34.6. The Kier molecular flexibility index (Phi) is 19.7. The Morgan fingerprint density at radius 3 is 1.32 bits per heavy atom. The van der Waals surface area contributed by atoms with Gasteiger partial charge in [-0.05, 0) is 30.3 Å². The first kappa shape index (κ1) is 55.8. The van der Waals surface area contributed by atoms with Crippen LogP contribution in [0.5, 0.6) is 17.2 Å². The molecule has 0 N–H and O–H groups in total. The second-order valence-corrected chi connectivity index (χ2v) is 15.9. The summed E-state index contributed by atoms with van der Waals surface area (Å²) < 4.78 is 79.4. The largest absolute Gasteiger partial charge is 0.463 e. The van der Waals surface area contributed by atoms with Crippen LogP contribution < -0.4 is 14.2 Å². The summed E-state index contributed by atoms with van der Waals surface area (Å²) in [6.07, 6.45) is -16.1. The standard InChI is InChI=1S/C49H52O24/c1-24(50)60-22-37-40(64-26(3)52)42(66-28(5)54)45(69-31(8)57)49(72-37)71-36-20-14-19-35(63-25(2)51)39(36)47(59)61-21-33-17-12-13-18-34(33)70-48-44(68-30(7)56)43(67-29(6)55)41(65-27(4)53)38(73-48)23-62-46(58)32-15-10-9-11-16-32/h9-20,37-38,40-45,48-49H,21-23H2,1-8H3/t37-,38+,40-,41-,42+,43-,44+,45+,48-,49+/m0/s1. The highest BCUT2D eigenvalue weighted by molar-refractivity contribution is 5.96. The number of esters is 10. The summed E-state index contributed by atoms with van der Waals surface area (Å²) in [7, 11) is 0. The summed E-state index contributed by atoms with van der Waals surface area (Å²) in [5.41, 5.74) is -0.253. The Hall–Kier alpha value is -8.12. The molecule has 2 fully saturated rings. The van der Waals surface area contributed by atoms with Crippen molar-refractivity contribution in [3.63, 3.8) is 0 Å². The van der Waals surface area contributed by atoms with E-state index in [-0.39, 0.29) is 16.9 Å². The maximum atomic E-state index is 14.3. The highest BCUT2D eigenvalue weighted by Crippen LogP contribution is 2.37. The number of hydrogen-bond donors (Lipinski definition) is 0. The van der Waals surface area contributed by atoms with Crippen molar-refractivity contribution in [2.75, 3.05) is 13.2 Å². The van der Waals surface area contributed by atoms with Gasteiger partial charge in [0.2, 0.25) is 24.8 Å². The van der Waals surface area contributed by atoms with Crippen LogP contribution in [-0.4, -0.2) is 134 Å². The van der Waals surface area contributed by atoms with Crippen molar-refractivity contribution in [2.24, 2.45) is 0 Å². The number of para-hydroxylation sites is 1. The molecule has 0 spiro atoms. The number of carbonyl (C=O) groups is 10. The SMILES string of the molecule is CC(=O)OC[C@@H]1O[C@@H](Oc2cccc(OC(C)=O)c2C(=O)OCc2ccccc2O[C@H]2O[C@H](COC(=O)c3ccccc3)[C@H](OC(C)=O)[C@H](OC(C)=O)[C@H]2OC(C)=O)[C@H](OC(C)=O)[C@H](OC(C)=O)[C@H]1OC(C)=O. The average Bonchev–Trinajstić information content (AvgIpc) is 3.30. The van der Waals surface area contributed by atoms with Crippen LogP contribution in [0.2, 0.25) is 0 Å². The Morgan fingerprint density at radius 1 is 0.397 bits per heavy atom. The third kappa shape index (κ3) is 15.9. The fraction of sp³-hybridized carbons (Fsp3) is 0.429. The highest BCUT2D eigenvalue weighted by atomic mass is 16.8. The molecule has 0 saturated carbocycles. The van der Waals surface area contributed by atoms with E-state index in [1.165, 1.54) is 54.6 Å². The van der Waals surface area contributed by atoms with Crippen LogP contribution in [0.4, 0.5) is 0 Å². The second kappa shape index (κ2) is 25.8. The lowest BCUT2D eigenvalue weighted by Crippen LogP contribution is -2.63. The zero-order chi connectivity index (χ0) is 53.5. The van der Waals surface area contributed by atoms with Crippen molar-refractivity contribution in [1.29, 1.82) is 0 Å². The molecule has 24 nitrogen and oxygen atoms in total. The maximum Gasteiger partial charge on any atom is 0.346 e. The molecule has 24 heteroatoms. The van der Waals surface area contributed by atoms with Gasteiger partial charge in [0.1, 0.15) is 54.8 Å². The number of rotatable bonds is 19. The molecule has 10 atom stereocenters. The summed E-state index contributed by atoms with van der Waals surface area (Å²) in [6, 6.07) is 17.6. The molecule has 73 heavy (non-hydrogen) atoms. The van der Waals surface area contributed by atoms with Crippen LogP contribution in [0, 0.1) is 0 Å². The monoisotopic (exact) mass is 1020 g/mol. The van der Waals surface area contributed by atoms with Crippen molar-refractivity contribution < 1.29 is 114 Å². The number of carbonyl (C=O) groups excluding carboxylic acids is 10. The fourth-order valence-corrected chi connectivity index (χ4v) is 7.44. The van der Waals surface area contributed by atoms with Crippen LogP contribution in [-0.2, 0) is 97.1 Å². The molecular formula is C49H52O24. The molecule has 0 unspecified atom stereocenters. The van der Waals surface area contributed by atoms with Gasteiger partial charge in [-0.3, -0.25) is 38.4 Å². The zero-order valence-electron chi connectivity index (χ0n) is 40.6. The van der Waals surface area contributed by atoms with Crippen LogP contribution >= 0.6 is 0 Å². The molecule has 2 aliphatic heterocycles. The number of ether oxygens (including phenoxy) is 14. The minimum atomic E-state index is -1.84. The molecule has 5 rings (SSSR count). The first-order valence-electron chi connectivity index (χ1n) is 22.2. The topological polar surface area (TPSA) is 300 Å². The summed E-state index contributed by atoms with van der Waals surface area (Å²) >= 11 is 0. The predicted octanol–water partition coefficient (Wildman–Crippen LogP) is 3.19. The van der Waals surface area contributed by atoms with Gasteiger partial charge in [-0.25, -0.2) is 9.59 Å². The van der Waals surface area contributed by atoms with Crippen LogP contribution in [0.15, 0.2) is 72.8 Å². The summed E-state index contributed by atoms with van der Waals surface area (Å²) in [5.74, 6) is -9.96. The lowest BCUT2D eigenvalue weighted by molar-refractivity contribution is -0.288. The molecular weight excluding hydrogens is 973 g/mol. The van der Waals surface area contributed by atoms with Crippen molar-refractivity contribution in [3.05, 3.63) is 89.5 Å². The minimum absolute atomic E-state index is 0.0766. The van der Waals surface area contributed by atoms with Gasteiger partial charge in [0, 0.05) is 61.0 Å². The smallest absolute Gasteiger partial charge is 0.346 e. The van der Waals surface area contributed by atoms with E-state index in [0.717, 1.165) is 55.4 Å². The van der Waals surface area contributed by atoms with E-state index in [4.69, 9.17) is 66.3 Å². The van der Waals surface area contributed by atoms with E-state index in [9.17, 15) is 47.9 Å². The van der Waals surface area contributed by atoms with E-state index in [2.05, 4.69) is 0 Å². The normalized spacial score (nSPS) is 23.1.